The molecule has 0 saturated carbocycles. The van der Waals surface area contributed by atoms with Gasteiger partial charge in [-0.3, -0.25) is 9.59 Å². The fourth-order valence-electron chi connectivity index (χ4n) is 2.03. The molecule has 0 amide bonds. The highest BCUT2D eigenvalue weighted by Gasteiger charge is 2.04. The summed E-state index contributed by atoms with van der Waals surface area (Å²) in [5.74, 6) is 1.23. The number of thioether (sulfide) groups is 1. The quantitative estimate of drug-likeness (QED) is 0.338. The summed E-state index contributed by atoms with van der Waals surface area (Å²) in [5.41, 5.74) is 0. The summed E-state index contributed by atoms with van der Waals surface area (Å²) >= 11 is 1.90. The first-order valence-corrected chi connectivity index (χ1v) is 8.36. The van der Waals surface area contributed by atoms with Gasteiger partial charge in [0.1, 0.15) is 11.6 Å². The lowest BCUT2D eigenvalue weighted by Gasteiger charge is -2.02. The smallest absolute Gasteiger partial charge is 0.140 e. The minimum absolute atomic E-state index is 0.0204. The standard InChI is InChI=1S/C17H24O2S/c1-15(18)14-16(19)10-6-3-2-4-9-13-20-17-11-7-5-8-12-17/h5,7-8,11-12H,2-4,6,9-10,13-14H2,1H3. The van der Waals surface area contributed by atoms with Crippen LogP contribution in [0.4, 0.5) is 0 Å². The molecule has 0 aliphatic rings. The highest BCUT2D eigenvalue weighted by Crippen LogP contribution is 2.19. The fraction of sp³-hybridized carbons (Fsp3) is 0.529. The molecule has 0 atom stereocenters. The van der Waals surface area contributed by atoms with Crippen LogP contribution >= 0.6 is 11.8 Å². The van der Waals surface area contributed by atoms with Crippen molar-refractivity contribution in [2.45, 2.75) is 56.8 Å². The summed E-state index contributed by atoms with van der Waals surface area (Å²) in [6.07, 6.45) is 6.34. The van der Waals surface area contributed by atoms with Crippen molar-refractivity contribution in [2.75, 3.05) is 5.75 Å². The molecule has 0 radical (unpaired) electrons. The van der Waals surface area contributed by atoms with E-state index in [2.05, 4.69) is 24.3 Å². The van der Waals surface area contributed by atoms with Gasteiger partial charge in [-0.25, -0.2) is 0 Å². The Morgan fingerprint density at radius 1 is 0.950 bits per heavy atom. The topological polar surface area (TPSA) is 34.1 Å². The third-order valence-corrected chi connectivity index (χ3v) is 4.16. The third-order valence-electron chi connectivity index (χ3n) is 3.06. The van der Waals surface area contributed by atoms with Crippen LogP contribution in [0.2, 0.25) is 0 Å². The minimum atomic E-state index is -0.0204. The Kier molecular flexibility index (Phi) is 9.05. The summed E-state index contributed by atoms with van der Waals surface area (Å²) in [7, 11) is 0. The molecule has 110 valence electrons. The number of unbranched alkanes of at least 4 members (excludes halogenated alkanes) is 4. The van der Waals surface area contributed by atoms with Crippen LogP contribution in [0.1, 0.15) is 51.9 Å². The van der Waals surface area contributed by atoms with Gasteiger partial charge >= 0.3 is 0 Å². The summed E-state index contributed by atoms with van der Waals surface area (Å²) in [4.78, 5) is 23.4. The second-order valence-electron chi connectivity index (χ2n) is 5.10. The van der Waals surface area contributed by atoms with Crippen molar-refractivity contribution in [3.63, 3.8) is 0 Å². The Balaban J connectivity index is 1.90. The Labute approximate surface area is 126 Å². The predicted octanol–water partition coefficient (Wildman–Crippen LogP) is 4.67. The van der Waals surface area contributed by atoms with Crippen molar-refractivity contribution in [3.05, 3.63) is 30.3 Å². The summed E-state index contributed by atoms with van der Waals surface area (Å²) in [6, 6.07) is 10.5. The van der Waals surface area contributed by atoms with Crippen molar-refractivity contribution < 1.29 is 9.59 Å². The van der Waals surface area contributed by atoms with Gasteiger partial charge in [0.05, 0.1) is 6.42 Å². The van der Waals surface area contributed by atoms with Gasteiger partial charge in [-0.05, 0) is 37.7 Å². The van der Waals surface area contributed by atoms with Crippen molar-refractivity contribution in [1.82, 2.24) is 0 Å². The van der Waals surface area contributed by atoms with Gasteiger partial charge in [0.25, 0.3) is 0 Å². The van der Waals surface area contributed by atoms with Crippen LogP contribution < -0.4 is 0 Å². The molecule has 0 N–H and O–H groups in total. The van der Waals surface area contributed by atoms with Gasteiger partial charge in [0.15, 0.2) is 0 Å². The van der Waals surface area contributed by atoms with Crippen molar-refractivity contribution in [3.8, 4) is 0 Å². The van der Waals surface area contributed by atoms with Gasteiger partial charge in [0, 0.05) is 11.3 Å². The van der Waals surface area contributed by atoms with E-state index in [1.165, 1.54) is 31.1 Å². The van der Waals surface area contributed by atoms with E-state index < -0.39 is 0 Å². The zero-order valence-corrected chi connectivity index (χ0v) is 13.1. The van der Waals surface area contributed by atoms with Gasteiger partial charge < -0.3 is 0 Å². The molecule has 2 nitrogen and oxygen atoms in total. The molecule has 0 saturated heterocycles. The molecule has 0 aromatic heterocycles. The van der Waals surface area contributed by atoms with Crippen LogP contribution in [0.25, 0.3) is 0 Å². The average molecular weight is 292 g/mol. The number of hydrogen-bond donors (Lipinski definition) is 0. The van der Waals surface area contributed by atoms with Crippen LogP contribution in [0.3, 0.4) is 0 Å². The maximum Gasteiger partial charge on any atom is 0.140 e. The molecule has 0 bridgehead atoms. The van der Waals surface area contributed by atoms with E-state index in [9.17, 15) is 9.59 Å². The first-order valence-electron chi connectivity index (χ1n) is 7.37. The zero-order chi connectivity index (χ0) is 14.6. The molecule has 3 heteroatoms. The predicted molar refractivity (Wildman–Crippen MR) is 85.2 cm³/mol. The normalized spacial score (nSPS) is 10.4. The van der Waals surface area contributed by atoms with Gasteiger partial charge in [-0.2, -0.15) is 0 Å². The molecular formula is C17H24O2S. The number of carbonyl (C=O) groups excluding carboxylic acids is 2. The van der Waals surface area contributed by atoms with Crippen LogP contribution in [-0.4, -0.2) is 17.3 Å². The van der Waals surface area contributed by atoms with E-state index >= 15 is 0 Å². The van der Waals surface area contributed by atoms with E-state index in [0.29, 0.717) is 6.42 Å². The number of carbonyl (C=O) groups is 2. The van der Waals surface area contributed by atoms with E-state index in [1.54, 1.807) is 0 Å². The molecule has 0 aliphatic carbocycles. The van der Waals surface area contributed by atoms with Gasteiger partial charge in [-0.15, -0.1) is 11.8 Å². The maximum atomic E-state index is 11.3. The molecule has 1 aromatic carbocycles. The van der Waals surface area contributed by atoms with Crippen LogP contribution in [-0.2, 0) is 9.59 Å². The first-order chi connectivity index (χ1) is 9.68. The molecule has 0 aliphatic heterocycles. The Bertz CT molecular complexity index is 401. The first kappa shape index (κ1) is 17.0. The number of rotatable bonds is 11. The second-order valence-corrected chi connectivity index (χ2v) is 6.27. The number of hydrogen-bond acceptors (Lipinski definition) is 3. The lowest BCUT2D eigenvalue weighted by Crippen LogP contribution is -2.03. The monoisotopic (exact) mass is 292 g/mol. The number of ketones is 2. The molecule has 1 aromatic rings. The molecule has 0 fully saturated rings. The third kappa shape index (κ3) is 8.92. The number of benzene rings is 1. The van der Waals surface area contributed by atoms with Crippen LogP contribution in [0.15, 0.2) is 35.2 Å². The maximum absolute atomic E-state index is 11.3. The van der Waals surface area contributed by atoms with Crippen molar-refractivity contribution in [2.24, 2.45) is 0 Å². The van der Waals surface area contributed by atoms with E-state index in [-0.39, 0.29) is 18.0 Å². The average Bonchev–Trinajstić information content (AvgIpc) is 2.42. The molecule has 20 heavy (non-hydrogen) atoms. The highest BCUT2D eigenvalue weighted by atomic mass is 32.2. The fourth-order valence-corrected chi connectivity index (χ4v) is 2.96. The summed E-state index contributed by atoms with van der Waals surface area (Å²) in [5, 5.41) is 0. The van der Waals surface area contributed by atoms with Crippen molar-refractivity contribution >= 4 is 23.3 Å². The highest BCUT2D eigenvalue weighted by molar-refractivity contribution is 7.99. The molecule has 0 unspecified atom stereocenters. The second kappa shape index (κ2) is 10.7. The zero-order valence-electron chi connectivity index (χ0n) is 12.3. The van der Waals surface area contributed by atoms with E-state index in [4.69, 9.17) is 0 Å². The minimum Gasteiger partial charge on any atom is -0.300 e. The van der Waals surface area contributed by atoms with Gasteiger partial charge in [-0.1, -0.05) is 37.5 Å². The lowest BCUT2D eigenvalue weighted by molar-refractivity contribution is -0.125. The number of Topliss-reactive ketones (excluding diaryl/α,β-unsaturated/α-hetero) is 2. The summed E-state index contributed by atoms with van der Waals surface area (Å²) < 4.78 is 0. The van der Waals surface area contributed by atoms with Crippen molar-refractivity contribution in [1.29, 1.82) is 0 Å². The summed E-state index contributed by atoms with van der Waals surface area (Å²) in [6.45, 7) is 1.47. The van der Waals surface area contributed by atoms with Crippen LogP contribution in [0, 0.1) is 0 Å². The Morgan fingerprint density at radius 3 is 2.30 bits per heavy atom. The largest absolute Gasteiger partial charge is 0.300 e. The molecule has 0 heterocycles. The lowest BCUT2D eigenvalue weighted by atomic mass is 10.1. The van der Waals surface area contributed by atoms with Gasteiger partial charge in [0.2, 0.25) is 0 Å². The molecule has 1 rings (SSSR count). The van der Waals surface area contributed by atoms with E-state index in [0.717, 1.165) is 18.6 Å². The SMILES string of the molecule is CC(=O)CC(=O)CCCCCCCSc1ccccc1. The molecule has 0 spiro atoms. The Hall–Kier alpha value is -1.09. The van der Waals surface area contributed by atoms with Crippen LogP contribution in [0.5, 0.6) is 0 Å². The molecular weight excluding hydrogens is 268 g/mol. The Morgan fingerprint density at radius 2 is 1.60 bits per heavy atom. The van der Waals surface area contributed by atoms with E-state index in [1.807, 2.05) is 17.8 Å².